The van der Waals surface area contributed by atoms with E-state index in [4.69, 9.17) is 13.1 Å². The maximum Gasteiger partial charge on any atom is 0.270 e. The van der Waals surface area contributed by atoms with E-state index in [1.54, 1.807) is 60.9 Å². The van der Waals surface area contributed by atoms with E-state index in [1.807, 2.05) is 12.1 Å². The monoisotopic (exact) mass is 482 g/mol. The van der Waals surface area contributed by atoms with Gasteiger partial charge in [-0.05, 0) is 47.5 Å². The van der Waals surface area contributed by atoms with Gasteiger partial charge in [0, 0.05) is 45.8 Å². The molecule has 0 bridgehead atoms. The largest absolute Gasteiger partial charge is 0.270 e. The number of hydrogen-bond acceptors (Lipinski definition) is 6. The molecule has 0 saturated heterocycles. The van der Waals surface area contributed by atoms with E-state index in [0.29, 0.717) is 44.8 Å². The Morgan fingerprint density at radius 1 is 0.632 bits per heavy atom. The summed E-state index contributed by atoms with van der Waals surface area (Å²) in [6.45, 7) is 15.3. The summed E-state index contributed by atoms with van der Waals surface area (Å²) >= 11 is 0. The zero-order valence-electron chi connectivity index (χ0n) is 19.4. The van der Waals surface area contributed by atoms with Gasteiger partial charge >= 0.3 is 0 Å². The van der Waals surface area contributed by atoms with E-state index < -0.39 is 0 Å². The summed E-state index contributed by atoms with van der Waals surface area (Å²) in [5.41, 5.74) is 3.57. The second kappa shape index (κ2) is 9.23. The van der Waals surface area contributed by atoms with Gasteiger partial charge < -0.3 is 0 Å². The predicted molar refractivity (Wildman–Crippen MR) is 138 cm³/mol. The standard InChI is InChI=1S/C30H10N8/c1-35-25(15-33)27-19-12-20-18(11-17(19)21(13-31)29(27)23-7-3-5-9-37-23)22(14-32)30(24-8-4-6-10-38-24)28(20)26(16-34)36-2/h3-12H/b27-25-,28-26+. The highest BCUT2D eigenvalue weighted by molar-refractivity contribution is 6.29. The van der Waals surface area contributed by atoms with Crippen molar-refractivity contribution in [3.63, 3.8) is 0 Å². The van der Waals surface area contributed by atoms with E-state index in [9.17, 15) is 21.0 Å². The van der Waals surface area contributed by atoms with Gasteiger partial charge in [-0.15, -0.1) is 0 Å². The highest BCUT2D eigenvalue weighted by Gasteiger charge is 2.37. The van der Waals surface area contributed by atoms with Crippen molar-refractivity contribution >= 4 is 33.4 Å². The Hall–Kier alpha value is -6.58. The Kier molecular flexibility index (Phi) is 5.63. The maximum absolute atomic E-state index is 10.2. The average molecular weight is 482 g/mol. The van der Waals surface area contributed by atoms with Crippen LogP contribution in [0.4, 0.5) is 0 Å². The fourth-order valence-electron chi connectivity index (χ4n) is 4.75. The van der Waals surface area contributed by atoms with Crippen LogP contribution in [-0.2, 0) is 0 Å². The fourth-order valence-corrected chi connectivity index (χ4v) is 4.75. The lowest BCUT2D eigenvalue weighted by molar-refractivity contribution is 1.28. The van der Waals surface area contributed by atoms with Gasteiger partial charge in [-0.3, -0.25) is 9.97 Å². The highest BCUT2D eigenvalue weighted by atomic mass is 14.7. The molecule has 8 heteroatoms. The summed E-state index contributed by atoms with van der Waals surface area (Å²) in [6.07, 6.45) is 3.10. The molecule has 0 aliphatic heterocycles. The summed E-state index contributed by atoms with van der Waals surface area (Å²) < 4.78 is 0. The first-order valence-electron chi connectivity index (χ1n) is 11.0. The van der Waals surface area contributed by atoms with Crippen LogP contribution in [0.3, 0.4) is 0 Å². The van der Waals surface area contributed by atoms with Crippen LogP contribution in [0.1, 0.15) is 33.6 Å². The number of pyridine rings is 2. The van der Waals surface area contributed by atoms with Crippen molar-refractivity contribution in [2.45, 2.75) is 0 Å². The molecular formula is C30H10N8. The number of nitrogens with zero attached hydrogens (tertiary/aromatic N) is 8. The van der Waals surface area contributed by atoms with Gasteiger partial charge in [0.1, 0.15) is 12.1 Å². The fraction of sp³-hybridized carbons (Fsp3) is 0. The van der Waals surface area contributed by atoms with Crippen molar-refractivity contribution in [2.75, 3.05) is 0 Å². The van der Waals surface area contributed by atoms with Gasteiger partial charge in [0.15, 0.2) is 0 Å². The molecule has 0 amide bonds. The van der Waals surface area contributed by atoms with Crippen molar-refractivity contribution < 1.29 is 0 Å². The molecule has 2 aromatic heterocycles. The molecule has 0 spiro atoms. The zero-order valence-corrected chi connectivity index (χ0v) is 19.4. The second-order valence-electron chi connectivity index (χ2n) is 7.99. The maximum atomic E-state index is 10.2. The van der Waals surface area contributed by atoms with Crippen molar-refractivity contribution in [3.8, 4) is 24.3 Å². The van der Waals surface area contributed by atoms with Crippen LogP contribution in [0.2, 0.25) is 0 Å². The van der Waals surface area contributed by atoms with E-state index in [2.05, 4.69) is 31.8 Å². The highest BCUT2D eigenvalue weighted by Crippen LogP contribution is 2.54. The SMILES string of the molecule is [C-]#[N+]/C(C#N)=C1\C(c2ccccn2)=C(C#N)c2cc3c(cc21)/C(=C(/C#N)[N+]#[C-])C(c1ccccn1)=C3C#N. The Balaban J connectivity index is 1.95. The first-order chi connectivity index (χ1) is 18.6. The molecule has 0 saturated carbocycles. The molecule has 0 N–H and O–H groups in total. The summed E-state index contributed by atoms with van der Waals surface area (Å²) in [4.78, 5) is 15.5. The molecule has 38 heavy (non-hydrogen) atoms. The first-order valence-corrected chi connectivity index (χ1v) is 11.0. The minimum Gasteiger partial charge on any atom is -0.256 e. The number of benzene rings is 1. The van der Waals surface area contributed by atoms with E-state index >= 15 is 0 Å². The van der Waals surface area contributed by atoms with Crippen LogP contribution < -0.4 is 0 Å². The molecule has 5 rings (SSSR count). The summed E-state index contributed by atoms with van der Waals surface area (Å²) in [5.74, 6) is 0. The quantitative estimate of drug-likeness (QED) is 0.341. The Morgan fingerprint density at radius 2 is 1.05 bits per heavy atom. The predicted octanol–water partition coefficient (Wildman–Crippen LogP) is 5.68. The topological polar surface area (TPSA) is 130 Å². The molecule has 0 unspecified atom stereocenters. The van der Waals surface area contributed by atoms with Gasteiger partial charge in [-0.25, -0.2) is 20.2 Å². The number of hydrogen-bond donors (Lipinski definition) is 0. The lowest BCUT2D eigenvalue weighted by Gasteiger charge is -2.11. The van der Waals surface area contributed by atoms with Crippen LogP contribution in [0.25, 0.3) is 43.1 Å². The second-order valence-corrected chi connectivity index (χ2v) is 7.99. The first kappa shape index (κ1) is 23.2. The molecule has 1 aromatic carbocycles. The molecule has 0 fully saturated rings. The third-order valence-corrected chi connectivity index (χ3v) is 6.21. The third-order valence-electron chi connectivity index (χ3n) is 6.21. The summed E-state index contributed by atoms with van der Waals surface area (Å²) in [5, 5.41) is 40.1. The minimum absolute atomic E-state index is 0.202. The van der Waals surface area contributed by atoms with E-state index in [-0.39, 0.29) is 33.7 Å². The number of rotatable bonds is 2. The molecule has 2 aliphatic rings. The van der Waals surface area contributed by atoms with Gasteiger partial charge in [0.2, 0.25) is 0 Å². The normalized spacial score (nSPS) is 15.6. The molecule has 0 atom stereocenters. The lowest BCUT2D eigenvalue weighted by Crippen LogP contribution is -1.95. The van der Waals surface area contributed by atoms with Crippen LogP contribution in [0, 0.1) is 58.5 Å². The van der Waals surface area contributed by atoms with Crippen LogP contribution >= 0.6 is 0 Å². The van der Waals surface area contributed by atoms with Crippen LogP contribution in [-0.4, -0.2) is 9.97 Å². The Labute approximate surface area is 217 Å². The number of aromatic nitrogens is 2. The minimum atomic E-state index is -0.232. The average Bonchev–Trinajstić information content (AvgIpc) is 3.46. The zero-order chi connectivity index (χ0) is 26.8. The van der Waals surface area contributed by atoms with E-state index in [1.165, 1.54) is 0 Å². The number of fused-ring (bicyclic) bond motifs is 2. The van der Waals surface area contributed by atoms with Crippen molar-refractivity contribution in [3.05, 3.63) is 129 Å². The van der Waals surface area contributed by atoms with Gasteiger partial charge in [-0.2, -0.15) is 10.5 Å². The van der Waals surface area contributed by atoms with Crippen molar-refractivity contribution in [1.29, 1.82) is 21.0 Å². The van der Waals surface area contributed by atoms with E-state index in [0.717, 1.165) is 0 Å². The van der Waals surface area contributed by atoms with Crippen molar-refractivity contribution in [1.82, 2.24) is 9.97 Å². The number of allylic oxidation sites excluding steroid dienone is 8. The van der Waals surface area contributed by atoms with Crippen LogP contribution in [0.15, 0.2) is 72.3 Å². The van der Waals surface area contributed by atoms with Gasteiger partial charge in [0.05, 0.1) is 47.8 Å². The molecule has 170 valence electrons. The molecule has 0 radical (unpaired) electrons. The molecular weight excluding hydrogens is 472 g/mol. The lowest BCUT2D eigenvalue weighted by atomic mass is 9.92. The third kappa shape index (κ3) is 3.26. The Morgan fingerprint density at radius 3 is 1.37 bits per heavy atom. The van der Waals surface area contributed by atoms with Gasteiger partial charge in [0.25, 0.3) is 11.4 Å². The molecule has 3 aromatic rings. The van der Waals surface area contributed by atoms with Gasteiger partial charge in [-0.1, -0.05) is 12.1 Å². The summed E-state index contributed by atoms with van der Waals surface area (Å²) in [6, 6.07) is 21.8. The van der Waals surface area contributed by atoms with Crippen molar-refractivity contribution in [2.24, 2.45) is 0 Å². The molecule has 2 heterocycles. The summed E-state index contributed by atoms with van der Waals surface area (Å²) in [7, 11) is 0. The molecule has 8 nitrogen and oxygen atoms in total. The molecule has 2 aliphatic carbocycles. The van der Waals surface area contributed by atoms with Crippen LogP contribution in [0.5, 0.6) is 0 Å². The smallest absolute Gasteiger partial charge is 0.256 e. The Bertz CT molecular complexity index is 1780. The number of nitriles is 4.